The third-order valence-corrected chi connectivity index (χ3v) is 20.9. The van der Waals surface area contributed by atoms with E-state index in [0.29, 0.717) is 11.8 Å². The second-order valence-corrected chi connectivity index (χ2v) is 25.9. The maximum absolute atomic E-state index is 10.0. The number of aliphatic hydroxyl groups excluding tert-OH is 1. The van der Waals surface area contributed by atoms with E-state index in [9.17, 15) is 5.11 Å². The van der Waals surface area contributed by atoms with E-state index in [0.717, 1.165) is 24.3 Å². The normalized spacial score (nSPS) is 34.0. The molecule has 0 bridgehead atoms. The first-order chi connectivity index (χ1) is 17.7. The molecule has 39 heavy (non-hydrogen) atoms. The van der Waals surface area contributed by atoms with E-state index in [1.165, 1.54) is 37.7 Å². The number of fused-ring (bicyclic) bond motifs is 1. The van der Waals surface area contributed by atoms with Gasteiger partial charge < -0.3 is 14.0 Å². The molecule has 3 aliphatic rings. The molecule has 0 heterocycles. The zero-order valence-corrected chi connectivity index (χ0v) is 29.7. The Balaban J connectivity index is 1.98. The van der Waals surface area contributed by atoms with Crippen LogP contribution < -0.4 is 0 Å². The van der Waals surface area contributed by atoms with Gasteiger partial charge in [0.1, 0.15) is 0 Å². The lowest BCUT2D eigenvalue weighted by Gasteiger charge is -2.46. The van der Waals surface area contributed by atoms with Crippen molar-refractivity contribution in [1.29, 1.82) is 0 Å². The zero-order valence-electron chi connectivity index (χ0n) is 27.7. The highest BCUT2D eigenvalue weighted by atomic mass is 28.4. The Bertz CT molecular complexity index is 948. The zero-order chi connectivity index (χ0) is 29.6. The molecule has 3 nitrogen and oxygen atoms in total. The van der Waals surface area contributed by atoms with Gasteiger partial charge in [0.15, 0.2) is 16.6 Å². The Morgan fingerprint density at radius 3 is 2.13 bits per heavy atom. The van der Waals surface area contributed by atoms with Gasteiger partial charge in [-0.1, -0.05) is 79.7 Å². The van der Waals surface area contributed by atoms with Crippen LogP contribution in [0.3, 0.4) is 0 Å². The second kappa shape index (κ2) is 11.7. The molecule has 3 rings (SSSR count). The Morgan fingerprint density at radius 1 is 0.974 bits per heavy atom. The molecule has 0 radical (unpaired) electrons. The third-order valence-electron chi connectivity index (χ3n) is 11.8. The van der Waals surface area contributed by atoms with Crippen LogP contribution in [0.2, 0.25) is 36.3 Å². The topological polar surface area (TPSA) is 38.7 Å². The van der Waals surface area contributed by atoms with Crippen molar-refractivity contribution in [3.05, 3.63) is 35.5 Å². The highest BCUT2D eigenvalue weighted by molar-refractivity contribution is 6.74. The summed E-state index contributed by atoms with van der Waals surface area (Å²) in [5.74, 6) is 1.66. The van der Waals surface area contributed by atoms with Crippen molar-refractivity contribution in [2.24, 2.45) is 23.2 Å². The van der Waals surface area contributed by atoms with Crippen molar-refractivity contribution < 1.29 is 14.0 Å². The summed E-state index contributed by atoms with van der Waals surface area (Å²) in [5, 5.41) is 10.4. The molecule has 0 aromatic rings. The molecule has 0 spiro atoms. The lowest BCUT2D eigenvalue weighted by Crippen LogP contribution is -2.49. The van der Waals surface area contributed by atoms with E-state index in [-0.39, 0.29) is 34.3 Å². The summed E-state index contributed by atoms with van der Waals surface area (Å²) in [5.41, 5.74) is 4.27. The van der Waals surface area contributed by atoms with Crippen LogP contribution in [0.15, 0.2) is 35.5 Å². The van der Waals surface area contributed by atoms with E-state index >= 15 is 0 Å². The van der Waals surface area contributed by atoms with Gasteiger partial charge in [0.25, 0.3) is 0 Å². The summed E-state index contributed by atoms with van der Waals surface area (Å²) in [6.45, 7) is 33.1. The van der Waals surface area contributed by atoms with Crippen LogP contribution >= 0.6 is 0 Å². The first-order valence-corrected chi connectivity index (χ1v) is 21.6. The monoisotopic (exact) mass is 574 g/mol. The summed E-state index contributed by atoms with van der Waals surface area (Å²) in [7, 11) is -3.89. The smallest absolute Gasteiger partial charge is 0.192 e. The number of hydrogen-bond donors (Lipinski definition) is 1. The number of hydrogen-bond acceptors (Lipinski definition) is 3. The van der Waals surface area contributed by atoms with Gasteiger partial charge in [-0.3, -0.25) is 0 Å². The Morgan fingerprint density at radius 2 is 1.56 bits per heavy atom. The predicted octanol–water partition coefficient (Wildman–Crippen LogP) is 9.81. The molecule has 0 saturated heterocycles. The van der Waals surface area contributed by atoms with Gasteiger partial charge in [-0.2, -0.15) is 0 Å². The molecule has 0 unspecified atom stereocenters. The molecule has 0 aromatic carbocycles. The lowest BCUT2D eigenvalue weighted by molar-refractivity contribution is 0.0919. The number of aliphatic hydroxyl groups is 1. The summed E-state index contributed by atoms with van der Waals surface area (Å²) in [6.07, 6.45) is 13.2. The molecule has 224 valence electrons. The second-order valence-electron chi connectivity index (χ2n) is 16.4. The molecular formula is C34H62O3Si2. The van der Waals surface area contributed by atoms with Crippen LogP contribution in [0.1, 0.15) is 100 Å². The average Bonchev–Trinajstić information content (AvgIpc) is 3.15. The number of rotatable bonds is 7. The van der Waals surface area contributed by atoms with Gasteiger partial charge in [0.05, 0.1) is 12.2 Å². The quantitative estimate of drug-likeness (QED) is 0.308. The fourth-order valence-electron chi connectivity index (χ4n) is 7.06. The van der Waals surface area contributed by atoms with Gasteiger partial charge >= 0.3 is 0 Å². The maximum atomic E-state index is 10.0. The van der Waals surface area contributed by atoms with Crippen molar-refractivity contribution in [2.45, 2.75) is 149 Å². The maximum Gasteiger partial charge on any atom is 0.192 e. The van der Waals surface area contributed by atoms with Crippen LogP contribution in [0.25, 0.3) is 0 Å². The van der Waals surface area contributed by atoms with Crippen LogP contribution in [0.4, 0.5) is 0 Å². The van der Waals surface area contributed by atoms with Crippen LogP contribution in [0.5, 0.6) is 0 Å². The molecule has 3 fully saturated rings. The highest BCUT2D eigenvalue weighted by Crippen LogP contribution is 2.60. The SMILES string of the molecule is C=C1/C(=C/C=C2/CCC[C@H]3CC[C@H]([C@H](C)CO)[C@]23C)C[C@@H](O[Si](C)(C)C(C)(C)C)C[C@@H]1O[Si](C)(C)C(C)(C)C. The molecule has 5 heteroatoms. The fraction of sp³-hybridized carbons (Fsp3) is 0.824. The highest BCUT2D eigenvalue weighted by Gasteiger charge is 2.51. The first-order valence-electron chi connectivity index (χ1n) is 15.8. The predicted molar refractivity (Wildman–Crippen MR) is 173 cm³/mol. The van der Waals surface area contributed by atoms with Crippen LogP contribution in [0, 0.1) is 23.2 Å². The molecule has 3 saturated carbocycles. The van der Waals surface area contributed by atoms with Crippen molar-refractivity contribution in [3.63, 3.8) is 0 Å². The van der Waals surface area contributed by atoms with E-state index in [4.69, 9.17) is 8.85 Å². The Hall–Kier alpha value is -0.466. The van der Waals surface area contributed by atoms with Crippen LogP contribution in [-0.2, 0) is 8.85 Å². The summed E-state index contributed by atoms with van der Waals surface area (Å²) < 4.78 is 14.1. The van der Waals surface area contributed by atoms with E-state index in [1.54, 1.807) is 5.57 Å². The van der Waals surface area contributed by atoms with Gasteiger partial charge in [0, 0.05) is 13.0 Å². The van der Waals surface area contributed by atoms with Gasteiger partial charge in [0.2, 0.25) is 0 Å². The molecular weight excluding hydrogens is 513 g/mol. The molecule has 0 aromatic heterocycles. The van der Waals surface area contributed by atoms with Crippen molar-refractivity contribution in [1.82, 2.24) is 0 Å². The fourth-order valence-corrected chi connectivity index (χ4v) is 9.73. The van der Waals surface area contributed by atoms with E-state index in [1.807, 2.05) is 0 Å². The molecule has 0 aliphatic heterocycles. The van der Waals surface area contributed by atoms with Gasteiger partial charge in [-0.25, -0.2) is 0 Å². The summed E-state index contributed by atoms with van der Waals surface area (Å²) in [6, 6.07) is 0. The van der Waals surface area contributed by atoms with Crippen molar-refractivity contribution in [2.75, 3.05) is 6.61 Å². The summed E-state index contributed by atoms with van der Waals surface area (Å²) in [4.78, 5) is 0. The van der Waals surface area contributed by atoms with Gasteiger partial charge in [-0.05, 0) is 109 Å². The number of allylic oxidation sites excluding steroid dienone is 3. The minimum absolute atomic E-state index is 0.0161. The average molecular weight is 575 g/mol. The Labute approximate surface area is 244 Å². The minimum Gasteiger partial charge on any atom is -0.413 e. The Kier molecular flexibility index (Phi) is 9.88. The minimum atomic E-state index is -1.97. The van der Waals surface area contributed by atoms with Crippen molar-refractivity contribution in [3.8, 4) is 0 Å². The van der Waals surface area contributed by atoms with E-state index in [2.05, 4.69) is 100 Å². The third kappa shape index (κ3) is 6.79. The molecule has 1 N–H and O–H groups in total. The molecule has 6 atom stereocenters. The van der Waals surface area contributed by atoms with Crippen molar-refractivity contribution >= 4 is 16.6 Å². The first kappa shape index (κ1) is 33.0. The molecule has 3 aliphatic carbocycles. The summed E-state index contributed by atoms with van der Waals surface area (Å²) >= 11 is 0. The lowest BCUT2D eigenvalue weighted by atomic mass is 9.60. The van der Waals surface area contributed by atoms with Crippen LogP contribution in [-0.4, -0.2) is 40.6 Å². The van der Waals surface area contributed by atoms with Gasteiger partial charge in [-0.15, -0.1) is 0 Å². The standard InChI is InChI=1S/C34H62O3Si2/c1-24(23-35)30-20-19-28-16-14-15-27(34(28,30)9)18-17-26-21-29(36-38(10,11)32(3,4)5)22-31(25(26)2)37-39(12,13)33(6,7)8/h17-18,24,28-31,35H,2,14-16,19-23H2,1,3-13H3/b26-17+,27-18-/t24-,28+,29-,30-,31+,34-/m1/s1. The molecule has 0 amide bonds. The van der Waals surface area contributed by atoms with E-state index < -0.39 is 16.6 Å². The largest absolute Gasteiger partial charge is 0.413 e.